The van der Waals surface area contributed by atoms with Gasteiger partial charge in [-0.15, -0.1) is 0 Å². The van der Waals surface area contributed by atoms with Crippen LogP contribution in [-0.4, -0.2) is 34.6 Å². The number of carbonyl (C=O) groups excluding carboxylic acids is 2. The summed E-state index contributed by atoms with van der Waals surface area (Å²) in [5.74, 6) is -0.961. The molecule has 1 aliphatic rings. The number of H-pyrrole nitrogens is 1. The van der Waals surface area contributed by atoms with Crippen molar-refractivity contribution in [2.45, 2.75) is 52.5 Å². The van der Waals surface area contributed by atoms with E-state index in [1.807, 2.05) is 19.1 Å². The number of ether oxygens (including phenoxy) is 1. The fourth-order valence-electron chi connectivity index (χ4n) is 3.19. The van der Waals surface area contributed by atoms with E-state index in [-0.39, 0.29) is 30.4 Å². The van der Waals surface area contributed by atoms with Crippen LogP contribution in [0.15, 0.2) is 21.7 Å². The predicted molar refractivity (Wildman–Crippen MR) is 106 cm³/mol. The summed E-state index contributed by atoms with van der Waals surface area (Å²) < 4.78 is 6.33. The highest BCUT2D eigenvalue weighted by atomic mass is 16.5. The molecular weight excluding hydrogens is 364 g/mol. The van der Waals surface area contributed by atoms with Crippen LogP contribution in [0.25, 0.3) is 0 Å². The topological polar surface area (TPSA) is 127 Å². The summed E-state index contributed by atoms with van der Waals surface area (Å²) in [6, 6.07) is 0. The number of amides is 1. The third-order valence-corrected chi connectivity index (χ3v) is 4.73. The standard InChI is InChI=1S/C19H28N4O5/c1-3-5-10-23-17(20)16(18(26)21-19(23)27)22(4-2)14(24)12-28-15(25)11-13-8-6-7-9-13/h6,8,13H,3-5,7,9-12,20H2,1-2H3,(H,21,26,27)/t13-/m0/s1. The van der Waals surface area contributed by atoms with Gasteiger partial charge in [0.05, 0.1) is 6.42 Å². The molecule has 1 aromatic heterocycles. The molecule has 0 saturated heterocycles. The molecule has 2 rings (SSSR count). The first-order valence-corrected chi connectivity index (χ1v) is 9.64. The van der Waals surface area contributed by atoms with E-state index in [9.17, 15) is 19.2 Å². The molecule has 1 amide bonds. The van der Waals surface area contributed by atoms with Gasteiger partial charge in [0.15, 0.2) is 12.3 Å². The first-order chi connectivity index (χ1) is 13.4. The highest BCUT2D eigenvalue weighted by Crippen LogP contribution is 2.21. The van der Waals surface area contributed by atoms with Gasteiger partial charge >= 0.3 is 11.7 Å². The number of nitrogens with two attached hydrogens (primary N) is 1. The maximum Gasteiger partial charge on any atom is 0.330 e. The maximum atomic E-state index is 12.6. The molecule has 1 heterocycles. The van der Waals surface area contributed by atoms with Crippen molar-refractivity contribution < 1.29 is 14.3 Å². The Kier molecular flexibility index (Phi) is 7.60. The van der Waals surface area contributed by atoms with Gasteiger partial charge in [0.1, 0.15) is 5.82 Å². The summed E-state index contributed by atoms with van der Waals surface area (Å²) in [5.41, 5.74) is 4.58. The first-order valence-electron chi connectivity index (χ1n) is 9.64. The second-order valence-electron chi connectivity index (χ2n) is 6.77. The number of aromatic amines is 1. The summed E-state index contributed by atoms with van der Waals surface area (Å²) in [6.07, 6.45) is 7.59. The number of nitrogen functional groups attached to an aromatic ring is 1. The molecular formula is C19H28N4O5. The molecule has 1 aromatic rings. The van der Waals surface area contributed by atoms with Crippen molar-refractivity contribution in [1.29, 1.82) is 0 Å². The fourth-order valence-corrected chi connectivity index (χ4v) is 3.19. The molecule has 1 aliphatic carbocycles. The van der Waals surface area contributed by atoms with Crippen LogP contribution in [-0.2, 0) is 20.9 Å². The Morgan fingerprint density at radius 2 is 2.11 bits per heavy atom. The third-order valence-electron chi connectivity index (χ3n) is 4.73. The third kappa shape index (κ3) is 5.11. The monoisotopic (exact) mass is 392 g/mol. The van der Waals surface area contributed by atoms with Crippen LogP contribution >= 0.6 is 0 Å². The molecule has 0 unspecified atom stereocenters. The fraction of sp³-hybridized carbons (Fsp3) is 0.579. The van der Waals surface area contributed by atoms with E-state index in [0.717, 1.165) is 24.2 Å². The zero-order valence-electron chi connectivity index (χ0n) is 16.4. The van der Waals surface area contributed by atoms with Gasteiger partial charge in [-0.3, -0.25) is 23.9 Å². The lowest BCUT2D eigenvalue weighted by Crippen LogP contribution is -2.42. The number of carbonyl (C=O) groups is 2. The van der Waals surface area contributed by atoms with Gasteiger partial charge < -0.3 is 15.4 Å². The molecule has 28 heavy (non-hydrogen) atoms. The van der Waals surface area contributed by atoms with Crippen molar-refractivity contribution in [3.05, 3.63) is 33.0 Å². The van der Waals surface area contributed by atoms with Crippen molar-refractivity contribution in [3.63, 3.8) is 0 Å². The number of nitrogens with zero attached hydrogens (tertiary/aromatic N) is 2. The van der Waals surface area contributed by atoms with Crippen molar-refractivity contribution in [3.8, 4) is 0 Å². The van der Waals surface area contributed by atoms with Gasteiger partial charge in [0, 0.05) is 13.1 Å². The van der Waals surface area contributed by atoms with Crippen LogP contribution in [0.5, 0.6) is 0 Å². The smallest absolute Gasteiger partial charge is 0.330 e. The van der Waals surface area contributed by atoms with E-state index >= 15 is 0 Å². The van der Waals surface area contributed by atoms with E-state index in [1.165, 1.54) is 4.57 Å². The Balaban J connectivity index is 2.13. The van der Waals surface area contributed by atoms with Gasteiger partial charge in [-0.05, 0) is 32.1 Å². The number of esters is 1. The van der Waals surface area contributed by atoms with Crippen molar-refractivity contribution in [2.75, 3.05) is 23.8 Å². The largest absolute Gasteiger partial charge is 0.456 e. The highest BCUT2D eigenvalue weighted by molar-refractivity contribution is 5.97. The average Bonchev–Trinajstić information content (AvgIpc) is 3.15. The molecule has 3 N–H and O–H groups in total. The number of likely N-dealkylation sites (N-methyl/N-ethyl adjacent to an activating group) is 1. The minimum Gasteiger partial charge on any atom is -0.456 e. The van der Waals surface area contributed by atoms with Crippen molar-refractivity contribution >= 4 is 23.4 Å². The number of unbranched alkanes of at least 4 members (excludes halogenated alkanes) is 1. The number of anilines is 2. The summed E-state index contributed by atoms with van der Waals surface area (Å²) in [6.45, 7) is 3.62. The molecule has 9 nitrogen and oxygen atoms in total. The van der Waals surface area contributed by atoms with Gasteiger partial charge in [-0.25, -0.2) is 4.79 Å². The quantitative estimate of drug-likeness (QED) is 0.480. The molecule has 0 bridgehead atoms. The van der Waals surface area contributed by atoms with Gasteiger partial charge in [0.25, 0.3) is 11.5 Å². The van der Waals surface area contributed by atoms with Crippen LogP contribution < -0.4 is 21.9 Å². The second-order valence-corrected chi connectivity index (χ2v) is 6.77. The lowest BCUT2D eigenvalue weighted by atomic mass is 10.1. The lowest BCUT2D eigenvalue weighted by Gasteiger charge is -2.23. The van der Waals surface area contributed by atoms with E-state index in [1.54, 1.807) is 6.92 Å². The minimum absolute atomic E-state index is 0.0696. The summed E-state index contributed by atoms with van der Waals surface area (Å²) in [5, 5.41) is 0. The van der Waals surface area contributed by atoms with E-state index in [0.29, 0.717) is 13.0 Å². The number of hydrogen-bond acceptors (Lipinski definition) is 6. The van der Waals surface area contributed by atoms with Crippen LogP contribution in [0.1, 0.15) is 46.0 Å². The summed E-state index contributed by atoms with van der Waals surface area (Å²) >= 11 is 0. The van der Waals surface area contributed by atoms with Crippen molar-refractivity contribution in [2.24, 2.45) is 5.92 Å². The Hall–Kier alpha value is -2.84. The Morgan fingerprint density at radius 3 is 2.71 bits per heavy atom. The summed E-state index contributed by atoms with van der Waals surface area (Å²) in [7, 11) is 0. The zero-order valence-corrected chi connectivity index (χ0v) is 16.4. The van der Waals surface area contributed by atoms with Gasteiger partial charge in [-0.2, -0.15) is 0 Å². The van der Waals surface area contributed by atoms with Gasteiger partial charge in [0.2, 0.25) is 0 Å². The Bertz CT molecular complexity index is 855. The first kappa shape index (κ1) is 21.5. The van der Waals surface area contributed by atoms with Gasteiger partial charge in [-0.1, -0.05) is 25.5 Å². The second kappa shape index (κ2) is 9.91. The maximum absolute atomic E-state index is 12.6. The van der Waals surface area contributed by atoms with Crippen molar-refractivity contribution in [1.82, 2.24) is 9.55 Å². The average molecular weight is 392 g/mol. The van der Waals surface area contributed by atoms with Crippen LogP contribution in [0.2, 0.25) is 0 Å². The molecule has 154 valence electrons. The van der Waals surface area contributed by atoms with E-state index in [2.05, 4.69) is 4.98 Å². The molecule has 0 aliphatic heterocycles. The molecule has 0 saturated carbocycles. The normalized spacial score (nSPS) is 15.6. The number of nitrogens with one attached hydrogen (secondary N) is 1. The molecule has 0 aromatic carbocycles. The number of hydrogen-bond donors (Lipinski definition) is 2. The molecule has 0 fully saturated rings. The number of allylic oxidation sites excluding steroid dienone is 2. The minimum atomic E-state index is -0.743. The van der Waals surface area contributed by atoms with E-state index in [4.69, 9.17) is 10.5 Å². The lowest BCUT2D eigenvalue weighted by molar-refractivity contribution is -0.148. The SMILES string of the molecule is CCCCn1c(N)c(N(CC)C(=O)COC(=O)C[C@H]2C=CCC2)c(=O)[nH]c1=O. The summed E-state index contributed by atoms with van der Waals surface area (Å²) in [4.78, 5) is 52.2. The Labute approximate surface area is 163 Å². The van der Waals surface area contributed by atoms with Crippen LogP contribution in [0, 0.1) is 5.92 Å². The Morgan fingerprint density at radius 1 is 1.36 bits per heavy atom. The number of rotatable bonds is 9. The van der Waals surface area contributed by atoms with E-state index < -0.39 is 29.7 Å². The zero-order chi connectivity index (χ0) is 20.7. The predicted octanol–water partition coefficient (Wildman–Crippen LogP) is 1.17. The molecule has 1 atom stereocenters. The molecule has 0 radical (unpaired) electrons. The molecule has 9 heteroatoms. The molecule has 0 spiro atoms. The van der Waals surface area contributed by atoms with Crippen LogP contribution in [0.3, 0.4) is 0 Å². The number of aromatic nitrogens is 2. The van der Waals surface area contributed by atoms with Crippen LogP contribution in [0.4, 0.5) is 11.5 Å². The highest BCUT2D eigenvalue weighted by Gasteiger charge is 2.24.